The molecule has 1 aromatic carbocycles. The number of carbonyl (C=O) groups is 1. The first kappa shape index (κ1) is 18.2. The SMILES string of the molecule is CC(C)N1CCN(c2ccc(C(=O)NC(C)(CN)C3CC3)cc2)CC1. The van der Waals surface area contributed by atoms with Gasteiger partial charge in [-0.15, -0.1) is 0 Å². The van der Waals surface area contributed by atoms with Crippen LogP contribution in [0.15, 0.2) is 24.3 Å². The molecule has 3 rings (SSSR count). The fourth-order valence-electron chi connectivity index (χ4n) is 3.69. The summed E-state index contributed by atoms with van der Waals surface area (Å²) in [6.45, 7) is 11.3. The zero-order chi connectivity index (χ0) is 18.0. The smallest absolute Gasteiger partial charge is 0.251 e. The molecule has 2 aliphatic rings. The Morgan fingerprint density at radius 2 is 1.80 bits per heavy atom. The van der Waals surface area contributed by atoms with Crippen molar-refractivity contribution in [1.82, 2.24) is 10.2 Å². The summed E-state index contributed by atoms with van der Waals surface area (Å²) in [5.74, 6) is 0.508. The third-order valence-corrected chi connectivity index (χ3v) is 5.84. The molecule has 0 aromatic heterocycles. The molecule has 5 heteroatoms. The van der Waals surface area contributed by atoms with Crippen LogP contribution in [0.2, 0.25) is 0 Å². The number of rotatable bonds is 6. The number of nitrogens with one attached hydrogen (secondary N) is 1. The van der Waals surface area contributed by atoms with E-state index in [1.54, 1.807) is 0 Å². The summed E-state index contributed by atoms with van der Waals surface area (Å²) in [6.07, 6.45) is 2.32. The van der Waals surface area contributed by atoms with Crippen LogP contribution in [0.25, 0.3) is 0 Å². The number of hydrogen-bond acceptors (Lipinski definition) is 4. The predicted octanol–water partition coefficient (Wildman–Crippen LogP) is 2.07. The third kappa shape index (κ3) is 4.15. The zero-order valence-electron chi connectivity index (χ0n) is 15.8. The number of anilines is 1. The van der Waals surface area contributed by atoms with Crippen molar-refractivity contribution in [3.05, 3.63) is 29.8 Å². The Bertz CT molecular complexity index is 588. The van der Waals surface area contributed by atoms with Gasteiger partial charge in [0.1, 0.15) is 0 Å². The van der Waals surface area contributed by atoms with Gasteiger partial charge in [0.2, 0.25) is 0 Å². The van der Waals surface area contributed by atoms with Crippen LogP contribution in [0.5, 0.6) is 0 Å². The number of nitrogens with zero attached hydrogens (tertiary/aromatic N) is 2. The topological polar surface area (TPSA) is 61.6 Å². The number of nitrogens with two attached hydrogens (primary N) is 1. The molecule has 1 heterocycles. The average Bonchev–Trinajstić information content (AvgIpc) is 3.47. The molecule has 0 spiro atoms. The van der Waals surface area contributed by atoms with Gasteiger partial charge in [0.05, 0.1) is 5.54 Å². The minimum Gasteiger partial charge on any atom is -0.369 e. The van der Waals surface area contributed by atoms with Gasteiger partial charge in [0.25, 0.3) is 5.91 Å². The van der Waals surface area contributed by atoms with E-state index in [1.165, 1.54) is 5.69 Å². The Morgan fingerprint density at radius 3 is 2.28 bits per heavy atom. The fourth-order valence-corrected chi connectivity index (χ4v) is 3.69. The van der Waals surface area contributed by atoms with Crippen LogP contribution in [0, 0.1) is 5.92 Å². The number of carbonyl (C=O) groups excluding carboxylic acids is 1. The van der Waals surface area contributed by atoms with E-state index >= 15 is 0 Å². The average molecular weight is 345 g/mol. The van der Waals surface area contributed by atoms with Crippen molar-refractivity contribution in [1.29, 1.82) is 0 Å². The van der Waals surface area contributed by atoms with Crippen LogP contribution in [0.4, 0.5) is 5.69 Å². The van der Waals surface area contributed by atoms with Gasteiger partial charge in [-0.2, -0.15) is 0 Å². The number of amides is 1. The number of piperazine rings is 1. The summed E-state index contributed by atoms with van der Waals surface area (Å²) in [4.78, 5) is 17.5. The quantitative estimate of drug-likeness (QED) is 0.829. The minimum atomic E-state index is -0.275. The van der Waals surface area contributed by atoms with Crippen molar-refractivity contribution in [2.45, 2.75) is 45.2 Å². The molecule has 5 nitrogen and oxygen atoms in total. The summed E-state index contributed by atoms with van der Waals surface area (Å²) < 4.78 is 0. The second-order valence-corrected chi connectivity index (χ2v) is 8.01. The molecular formula is C20H32N4O. The highest BCUT2D eigenvalue weighted by molar-refractivity contribution is 5.95. The minimum absolute atomic E-state index is 0.0176. The van der Waals surface area contributed by atoms with E-state index < -0.39 is 0 Å². The molecular weight excluding hydrogens is 312 g/mol. The van der Waals surface area contributed by atoms with Crippen molar-refractivity contribution in [2.24, 2.45) is 11.7 Å². The molecule has 1 saturated heterocycles. The van der Waals surface area contributed by atoms with Crippen molar-refractivity contribution >= 4 is 11.6 Å². The molecule has 1 aliphatic carbocycles. The summed E-state index contributed by atoms with van der Waals surface area (Å²) in [7, 11) is 0. The first-order chi connectivity index (χ1) is 11.9. The second kappa shape index (κ2) is 7.34. The first-order valence-corrected chi connectivity index (χ1v) is 9.54. The van der Waals surface area contributed by atoms with E-state index in [1.807, 2.05) is 12.1 Å². The van der Waals surface area contributed by atoms with Crippen LogP contribution in [-0.2, 0) is 0 Å². The fraction of sp³-hybridized carbons (Fsp3) is 0.650. The van der Waals surface area contributed by atoms with Gasteiger partial charge < -0.3 is 16.0 Å². The van der Waals surface area contributed by atoms with Crippen LogP contribution in [0.1, 0.15) is 44.0 Å². The van der Waals surface area contributed by atoms with Crippen molar-refractivity contribution in [3.8, 4) is 0 Å². The zero-order valence-corrected chi connectivity index (χ0v) is 15.8. The monoisotopic (exact) mass is 344 g/mol. The third-order valence-electron chi connectivity index (χ3n) is 5.84. The van der Waals surface area contributed by atoms with E-state index in [2.05, 4.69) is 48.0 Å². The maximum atomic E-state index is 12.6. The predicted molar refractivity (Wildman–Crippen MR) is 103 cm³/mol. The van der Waals surface area contributed by atoms with Gasteiger partial charge in [0, 0.05) is 50.0 Å². The molecule has 1 aliphatic heterocycles. The molecule has 25 heavy (non-hydrogen) atoms. The summed E-state index contributed by atoms with van der Waals surface area (Å²) >= 11 is 0. The molecule has 3 N–H and O–H groups in total. The molecule has 1 unspecified atom stereocenters. The largest absolute Gasteiger partial charge is 0.369 e. The van der Waals surface area contributed by atoms with E-state index in [0.717, 1.165) is 39.0 Å². The lowest BCUT2D eigenvalue weighted by Crippen LogP contribution is -2.53. The van der Waals surface area contributed by atoms with Crippen LogP contribution in [-0.4, -0.2) is 55.1 Å². The van der Waals surface area contributed by atoms with E-state index in [0.29, 0.717) is 24.1 Å². The van der Waals surface area contributed by atoms with Crippen LogP contribution < -0.4 is 16.0 Å². The summed E-state index contributed by atoms with van der Waals surface area (Å²) in [6, 6.07) is 8.61. The highest BCUT2D eigenvalue weighted by Crippen LogP contribution is 2.39. The normalized spacial score (nSPS) is 21.2. The van der Waals surface area contributed by atoms with E-state index in [-0.39, 0.29) is 11.4 Å². The van der Waals surface area contributed by atoms with Crippen LogP contribution in [0.3, 0.4) is 0 Å². The number of hydrogen-bond donors (Lipinski definition) is 2. The van der Waals surface area contributed by atoms with Gasteiger partial charge in [-0.1, -0.05) is 0 Å². The molecule has 138 valence electrons. The van der Waals surface area contributed by atoms with Crippen molar-refractivity contribution < 1.29 is 4.79 Å². The molecule has 1 aromatic rings. The molecule has 1 amide bonds. The van der Waals surface area contributed by atoms with Crippen LogP contribution >= 0.6 is 0 Å². The molecule has 0 bridgehead atoms. The van der Waals surface area contributed by atoms with E-state index in [9.17, 15) is 4.79 Å². The maximum Gasteiger partial charge on any atom is 0.251 e. The maximum absolute atomic E-state index is 12.6. The van der Waals surface area contributed by atoms with Crippen molar-refractivity contribution in [3.63, 3.8) is 0 Å². The molecule has 1 saturated carbocycles. The first-order valence-electron chi connectivity index (χ1n) is 9.54. The van der Waals surface area contributed by atoms with Gasteiger partial charge in [0.15, 0.2) is 0 Å². The Labute approximate surface area is 151 Å². The Kier molecular flexibility index (Phi) is 5.35. The summed E-state index contributed by atoms with van der Waals surface area (Å²) in [5.41, 5.74) is 7.54. The van der Waals surface area contributed by atoms with Crippen molar-refractivity contribution in [2.75, 3.05) is 37.6 Å². The van der Waals surface area contributed by atoms with Gasteiger partial charge >= 0.3 is 0 Å². The molecule has 2 fully saturated rings. The van der Waals surface area contributed by atoms with Gasteiger partial charge in [-0.25, -0.2) is 0 Å². The summed E-state index contributed by atoms with van der Waals surface area (Å²) in [5, 5.41) is 3.15. The second-order valence-electron chi connectivity index (χ2n) is 8.01. The Hall–Kier alpha value is -1.59. The van der Waals surface area contributed by atoms with Gasteiger partial charge in [-0.3, -0.25) is 9.69 Å². The molecule has 1 atom stereocenters. The lowest BCUT2D eigenvalue weighted by molar-refractivity contribution is 0.0898. The molecule has 0 radical (unpaired) electrons. The van der Waals surface area contributed by atoms with E-state index in [4.69, 9.17) is 5.73 Å². The highest BCUT2D eigenvalue weighted by Gasteiger charge is 2.41. The highest BCUT2D eigenvalue weighted by atomic mass is 16.1. The lowest BCUT2D eigenvalue weighted by Gasteiger charge is -2.38. The number of benzene rings is 1. The lowest BCUT2D eigenvalue weighted by atomic mass is 9.95. The Morgan fingerprint density at radius 1 is 1.20 bits per heavy atom. The van der Waals surface area contributed by atoms with Gasteiger partial charge in [-0.05, 0) is 63.8 Å². The Balaban J connectivity index is 1.59. The standard InChI is InChI=1S/C20H32N4O/c1-15(2)23-10-12-24(13-11-23)18-8-4-16(5-9-18)19(25)22-20(3,14-21)17-6-7-17/h4-5,8-9,15,17H,6-7,10-14,21H2,1-3H3,(H,22,25).